The zero-order valence-electron chi connectivity index (χ0n) is 16.9. The van der Waals surface area contributed by atoms with Gasteiger partial charge in [0.25, 0.3) is 0 Å². The van der Waals surface area contributed by atoms with Crippen molar-refractivity contribution in [2.75, 3.05) is 26.6 Å². The third kappa shape index (κ3) is 6.53. The van der Waals surface area contributed by atoms with Crippen LogP contribution in [0.3, 0.4) is 0 Å². The van der Waals surface area contributed by atoms with E-state index in [2.05, 4.69) is 15.8 Å². The molecule has 2 aromatic carbocycles. The van der Waals surface area contributed by atoms with Crippen molar-refractivity contribution in [1.82, 2.24) is 5.43 Å². The van der Waals surface area contributed by atoms with E-state index in [-0.39, 0.29) is 24.7 Å². The van der Waals surface area contributed by atoms with Gasteiger partial charge in [-0.25, -0.2) is 5.43 Å². The number of anilines is 1. The number of hydrogen-bond acceptors (Lipinski definition) is 6. The number of hydrogen-bond donors (Lipinski definition) is 2. The molecular formula is C21H25N3O5. The summed E-state index contributed by atoms with van der Waals surface area (Å²) in [5.41, 5.74) is 4.80. The van der Waals surface area contributed by atoms with Gasteiger partial charge in [0.05, 0.1) is 27.5 Å². The molecule has 0 spiro atoms. The minimum absolute atomic E-state index is 0.0181. The second-order valence-corrected chi connectivity index (χ2v) is 6.17. The topological polar surface area (TPSA) is 98.2 Å². The Morgan fingerprint density at radius 1 is 0.966 bits per heavy atom. The van der Waals surface area contributed by atoms with E-state index >= 15 is 0 Å². The van der Waals surface area contributed by atoms with Crippen molar-refractivity contribution in [1.29, 1.82) is 0 Å². The lowest BCUT2D eigenvalue weighted by molar-refractivity contribution is -0.124. The Morgan fingerprint density at radius 2 is 1.62 bits per heavy atom. The quantitative estimate of drug-likeness (QED) is 0.499. The van der Waals surface area contributed by atoms with Crippen LogP contribution in [0, 0.1) is 6.92 Å². The van der Waals surface area contributed by atoms with Crippen LogP contribution in [-0.4, -0.2) is 39.4 Å². The van der Waals surface area contributed by atoms with E-state index in [1.807, 2.05) is 25.1 Å². The number of amides is 2. The van der Waals surface area contributed by atoms with Gasteiger partial charge in [-0.3, -0.25) is 9.59 Å². The number of methoxy groups -OCH3 is 3. The fourth-order valence-corrected chi connectivity index (χ4v) is 2.58. The number of rotatable bonds is 9. The molecule has 29 heavy (non-hydrogen) atoms. The van der Waals surface area contributed by atoms with Gasteiger partial charge < -0.3 is 19.5 Å². The number of nitrogens with zero attached hydrogens (tertiary/aromatic N) is 1. The molecule has 2 N–H and O–H groups in total. The summed E-state index contributed by atoms with van der Waals surface area (Å²) in [6.07, 6.45) is 1.53. The molecule has 0 aliphatic rings. The van der Waals surface area contributed by atoms with Gasteiger partial charge in [0.1, 0.15) is 0 Å². The Bertz CT molecular complexity index is 871. The Kier molecular flexibility index (Phi) is 8.02. The number of carbonyl (C=O) groups excluding carboxylic acids is 2. The molecule has 0 aromatic heterocycles. The predicted molar refractivity (Wildman–Crippen MR) is 111 cm³/mol. The number of aryl methyl sites for hydroxylation is 1. The molecule has 0 bridgehead atoms. The lowest BCUT2D eigenvalue weighted by atomic mass is 10.2. The molecule has 0 aliphatic carbocycles. The second-order valence-electron chi connectivity index (χ2n) is 6.17. The summed E-state index contributed by atoms with van der Waals surface area (Å²) in [7, 11) is 4.55. The van der Waals surface area contributed by atoms with Crippen LogP contribution in [0.5, 0.6) is 17.2 Å². The predicted octanol–water partition coefficient (Wildman–Crippen LogP) is 2.89. The van der Waals surface area contributed by atoms with Crippen molar-refractivity contribution < 1.29 is 23.8 Å². The lowest BCUT2D eigenvalue weighted by Crippen LogP contribution is -2.20. The average molecular weight is 399 g/mol. The first kappa shape index (κ1) is 21.7. The number of benzene rings is 2. The lowest BCUT2D eigenvalue weighted by Gasteiger charge is -2.12. The van der Waals surface area contributed by atoms with E-state index in [0.717, 1.165) is 5.56 Å². The molecule has 0 unspecified atom stereocenters. The standard InChI is InChI=1S/C21H25N3O5/c1-14-6-5-7-16(10-14)23-19(25)8-9-20(26)24-22-13-15-11-17(27-2)21(29-4)18(12-15)28-3/h5-7,10-13H,8-9H2,1-4H3,(H,23,25)(H,24,26)/b22-13+. The highest BCUT2D eigenvalue weighted by Crippen LogP contribution is 2.37. The van der Waals surface area contributed by atoms with E-state index in [9.17, 15) is 9.59 Å². The van der Waals surface area contributed by atoms with Gasteiger partial charge in [0.2, 0.25) is 17.6 Å². The summed E-state index contributed by atoms with van der Waals surface area (Å²) >= 11 is 0. The van der Waals surface area contributed by atoms with E-state index in [1.54, 1.807) is 18.2 Å². The van der Waals surface area contributed by atoms with Gasteiger partial charge in [0, 0.05) is 24.1 Å². The smallest absolute Gasteiger partial charge is 0.240 e. The zero-order chi connectivity index (χ0) is 21.2. The molecule has 0 saturated heterocycles. The summed E-state index contributed by atoms with van der Waals surface area (Å²) in [4.78, 5) is 23.9. The van der Waals surface area contributed by atoms with E-state index in [1.165, 1.54) is 27.5 Å². The molecule has 8 nitrogen and oxygen atoms in total. The Hall–Kier alpha value is -3.55. The van der Waals surface area contributed by atoms with Gasteiger partial charge in [0.15, 0.2) is 11.5 Å². The number of ether oxygens (including phenoxy) is 3. The molecule has 2 amide bonds. The Morgan fingerprint density at radius 3 is 2.21 bits per heavy atom. The van der Waals surface area contributed by atoms with Crippen LogP contribution in [-0.2, 0) is 9.59 Å². The molecule has 0 saturated carbocycles. The van der Waals surface area contributed by atoms with Gasteiger partial charge >= 0.3 is 0 Å². The van der Waals surface area contributed by atoms with Crippen molar-refractivity contribution in [3.63, 3.8) is 0 Å². The van der Waals surface area contributed by atoms with Crippen LogP contribution in [0.25, 0.3) is 0 Å². The average Bonchev–Trinajstić information content (AvgIpc) is 2.71. The molecule has 0 radical (unpaired) electrons. The van der Waals surface area contributed by atoms with Crippen molar-refractivity contribution in [3.8, 4) is 17.2 Å². The molecule has 2 rings (SSSR count). The SMILES string of the molecule is COc1cc(/C=N/NC(=O)CCC(=O)Nc2cccc(C)c2)cc(OC)c1OC. The molecule has 0 aliphatic heterocycles. The van der Waals surface area contributed by atoms with Crippen LogP contribution >= 0.6 is 0 Å². The second kappa shape index (κ2) is 10.7. The first-order chi connectivity index (χ1) is 14.0. The maximum absolute atomic E-state index is 12.0. The largest absolute Gasteiger partial charge is 0.493 e. The van der Waals surface area contributed by atoms with Crippen molar-refractivity contribution in [2.45, 2.75) is 19.8 Å². The third-order valence-electron chi connectivity index (χ3n) is 3.97. The normalized spacial score (nSPS) is 10.5. The summed E-state index contributed by atoms with van der Waals surface area (Å²) in [6, 6.07) is 10.9. The molecule has 0 heterocycles. The molecule has 154 valence electrons. The minimum atomic E-state index is -0.368. The van der Waals surface area contributed by atoms with Gasteiger partial charge in [-0.1, -0.05) is 12.1 Å². The molecular weight excluding hydrogens is 374 g/mol. The fourth-order valence-electron chi connectivity index (χ4n) is 2.58. The third-order valence-corrected chi connectivity index (χ3v) is 3.97. The molecule has 0 fully saturated rings. The molecule has 0 atom stereocenters. The Labute approximate surface area is 169 Å². The maximum Gasteiger partial charge on any atom is 0.240 e. The minimum Gasteiger partial charge on any atom is -0.493 e. The van der Waals surface area contributed by atoms with Crippen LogP contribution in [0.1, 0.15) is 24.0 Å². The molecule has 8 heteroatoms. The zero-order valence-corrected chi connectivity index (χ0v) is 16.9. The van der Waals surface area contributed by atoms with Crippen LogP contribution in [0.4, 0.5) is 5.69 Å². The highest BCUT2D eigenvalue weighted by Gasteiger charge is 2.12. The van der Waals surface area contributed by atoms with Crippen molar-refractivity contribution >= 4 is 23.7 Å². The first-order valence-corrected chi connectivity index (χ1v) is 8.95. The monoisotopic (exact) mass is 399 g/mol. The van der Waals surface area contributed by atoms with Crippen molar-refractivity contribution in [2.24, 2.45) is 5.10 Å². The molecule has 2 aromatic rings. The van der Waals surface area contributed by atoms with Gasteiger partial charge in [-0.15, -0.1) is 0 Å². The Balaban J connectivity index is 1.87. The summed E-state index contributed by atoms with van der Waals surface area (Å²) in [5, 5.41) is 6.67. The van der Waals surface area contributed by atoms with Crippen LogP contribution < -0.4 is 25.0 Å². The fraction of sp³-hybridized carbons (Fsp3) is 0.286. The highest BCUT2D eigenvalue weighted by molar-refractivity contribution is 5.93. The summed E-state index contributed by atoms with van der Waals surface area (Å²) in [5.74, 6) is 0.822. The number of nitrogens with one attached hydrogen (secondary N) is 2. The van der Waals surface area contributed by atoms with Crippen LogP contribution in [0.2, 0.25) is 0 Å². The summed E-state index contributed by atoms with van der Waals surface area (Å²) < 4.78 is 15.8. The first-order valence-electron chi connectivity index (χ1n) is 8.95. The number of carbonyl (C=O) groups is 2. The maximum atomic E-state index is 12.0. The van der Waals surface area contributed by atoms with Crippen LogP contribution in [0.15, 0.2) is 41.5 Å². The summed E-state index contributed by atoms with van der Waals surface area (Å²) in [6.45, 7) is 1.94. The van der Waals surface area contributed by atoms with E-state index < -0.39 is 0 Å². The van der Waals surface area contributed by atoms with E-state index in [4.69, 9.17) is 14.2 Å². The van der Waals surface area contributed by atoms with E-state index in [0.29, 0.717) is 28.5 Å². The van der Waals surface area contributed by atoms with Gasteiger partial charge in [-0.05, 0) is 36.8 Å². The highest BCUT2D eigenvalue weighted by atomic mass is 16.5. The van der Waals surface area contributed by atoms with Crippen molar-refractivity contribution in [3.05, 3.63) is 47.5 Å². The number of hydrazone groups is 1. The van der Waals surface area contributed by atoms with Gasteiger partial charge in [-0.2, -0.15) is 5.10 Å².